The Morgan fingerprint density at radius 2 is 1.89 bits per heavy atom. The van der Waals surface area contributed by atoms with Crippen LogP contribution in [-0.4, -0.2) is 29.7 Å². The van der Waals surface area contributed by atoms with Crippen molar-refractivity contribution in [3.63, 3.8) is 0 Å². The second-order valence-corrected chi connectivity index (χ2v) is 6.39. The van der Waals surface area contributed by atoms with Crippen molar-refractivity contribution in [3.05, 3.63) is 85.3 Å². The Labute approximate surface area is 161 Å². The van der Waals surface area contributed by atoms with Gasteiger partial charge in [-0.25, -0.2) is 4.98 Å². The summed E-state index contributed by atoms with van der Waals surface area (Å²) in [7, 11) is 0. The van der Waals surface area contributed by atoms with E-state index in [9.17, 15) is 0 Å². The molecule has 7 nitrogen and oxygen atoms in total. The van der Waals surface area contributed by atoms with Gasteiger partial charge in [0.25, 0.3) is 0 Å². The molecule has 2 N–H and O–H groups in total. The van der Waals surface area contributed by atoms with Crippen molar-refractivity contribution in [2.75, 3.05) is 5.32 Å². The van der Waals surface area contributed by atoms with Gasteiger partial charge in [0.15, 0.2) is 0 Å². The zero-order chi connectivity index (χ0) is 18.8. The number of rotatable bonds is 5. The Morgan fingerprint density at radius 3 is 2.75 bits per heavy atom. The van der Waals surface area contributed by atoms with Crippen molar-refractivity contribution < 1.29 is 0 Å². The van der Waals surface area contributed by atoms with Crippen molar-refractivity contribution in [2.45, 2.75) is 6.54 Å². The molecule has 0 aliphatic heterocycles. The van der Waals surface area contributed by atoms with Gasteiger partial charge in [-0.3, -0.25) is 9.55 Å². The number of anilines is 1. The Balaban J connectivity index is 1.54. The van der Waals surface area contributed by atoms with Gasteiger partial charge in [0.05, 0.1) is 12.2 Å². The molecular formula is C21H17N7. The first-order chi connectivity index (χ1) is 13.9. The third-order valence-electron chi connectivity index (χ3n) is 4.58. The first-order valence-electron chi connectivity index (χ1n) is 8.94. The van der Waals surface area contributed by atoms with Gasteiger partial charge in [0.1, 0.15) is 24.1 Å². The van der Waals surface area contributed by atoms with Crippen LogP contribution < -0.4 is 5.32 Å². The van der Waals surface area contributed by atoms with Crippen LogP contribution in [0, 0.1) is 0 Å². The van der Waals surface area contributed by atoms with E-state index >= 15 is 0 Å². The number of hydrogen-bond donors (Lipinski definition) is 2. The summed E-state index contributed by atoms with van der Waals surface area (Å²) in [4.78, 5) is 12.3. The molecule has 0 amide bonds. The van der Waals surface area contributed by atoms with E-state index < -0.39 is 0 Å². The highest BCUT2D eigenvalue weighted by Gasteiger charge is 2.10. The fourth-order valence-electron chi connectivity index (χ4n) is 3.22. The van der Waals surface area contributed by atoms with Crippen LogP contribution in [0.4, 0.5) is 5.82 Å². The Bertz CT molecular complexity index is 1210. The standard InChI is InChI=1S/C21H17N7/c1-2-8-22-16(5-1)12-24-20-11-19(18-7-9-23-21(18)27-20)15-4-3-6-17(10-15)28-13-25-26-14-28/h1-11,13-14H,12H2,(H2,23,24,27). The molecule has 0 saturated carbocycles. The number of benzene rings is 1. The van der Waals surface area contributed by atoms with Crippen molar-refractivity contribution in [1.82, 2.24) is 29.7 Å². The zero-order valence-corrected chi connectivity index (χ0v) is 14.9. The summed E-state index contributed by atoms with van der Waals surface area (Å²) in [6.07, 6.45) is 7.09. The summed E-state index contributed by atoms with van der Waals surface area (Å²) in [5, 5.41) is 12.2. The highest BCUT2D eigenvalue weighted by atomic mass is 15.2. The van der Waals surface area contributed by atoms with Crippen LogP contribution >= 0.6 is 0 Å². The topological polar surface area (TPSA) is 84.3 Å². The van der Waals surface area contributed by atoms with Gasteiger partial charge in [0.2, 0.25) is 0 Å². The number of nitrogens with one attached hydrogen (secondary N) is 2. The maximum absolute atomic E-state index is 4.69. The van der Waals surface area contributed by atoms with E-state index in [1.54, 1.807) is 18.9 Å². The van der Waals surface area contributed by atoms with Crippen LogP contribution in [0.2, 0.25) is 0 Å². The SMILES string of the molecule is c1ccc(CNc2cc(-c3cccc(-n4cnnc4)c3)c3cc[nH]c3n2)nc1. The van der Waals surface area contributed by atoms with Gasteiger partial charge in [-0.05, 0) is 47.5 Å². The molecule has 7 heteroatoms. The maximum Gasteiger partial charge on any atom is 0.140 e. The summed E-state index contributed by atoms with van der Waals surface area (Å²) >= 11 is 0. The summed E-state index contributed by atoms with van der Waals surface area (Å²) in [5.41, 5.74) is 5.01. The number of aromatic amines is 1. The number of hydrogen-bond acceptors (Lipinski definition) is 5. The van der Waals surface area contributed by atoms with Crippen molar-refractivity contribution >= 4 is 16.9 Å². The van der Waals surface area contributed by atoms with E-state index in [1.165, 1.54) is 0 Å². The third-order valence-corrected chi connectivity index (χ3v) is 4.58. The molecule has 5 rings (SSSR count). The van der Waals surface area contributed by atoms with Crippen LogP contribution in [0.25, 0.3) is 27.8 Å². The van der Waals surface area contributed by atoms with Crippen LogP contribution in [0.15, 0.2) is 79.6 Å². The second-order valence-electron chi connectivity index (χ2n) is 6.39. The number of fused-ring (bicyclic) bond motifs is 1. The van der Waals surface area contributed by atoms with E-state index in [1.807, 2.05) is 47.2 Å². The molecule has 0 radical (unpaired) electrons. The molecule has 0 bridgehead atoms. The number of pyridine rings is 2. The first-order valence-corrected chi connectivity index (χ1v) is 8.94. The highest BCUT2D eigenvalue weighted by Crippen LogP contribution is 2.31. The zero-order valence-electron chi connectivity index (χ0n) is 14.9. The minimum Gasteiger partial charge on any atom is -0.364 e. The average molecular weight is 367 g/mol. The van der Waals surface area contributed by atoms with Crippen LogP contribution in [0.3, 0.4) is 0 Å². The average Bonchev–Trinajstić information content (AvgIpc) is 3.44. The smallest absolute Gasteiger partial charge is 0.140 e. The normalized spacial score (nSPS) is 11.0. The fraction of sp³-hybridized carbons (Fsp3) is 0.0476. The quantitative estimate of drug-likeness (QED) is 0.493. The van der Waals surface area contributed by atoms with Gasteiger partial charge in [-0.2, -0.15) is 0 Å². The highest BCUT2D eigenvalue weighted by molar-refractivity contribution is 5.95. The Morgan fingerprint density at radius 1 is 0.964 bits per heavy atom. The summed E-state index contributed by atoms with van der Waals surface area (Å²) in [6, 6.07) is 18.3. The molecule has 0 fully saturated rings. The molecule has 28 heavy (non-hydrogen) atoms. The van der Waals surface area contributed by atoms with Gasteiger partial charge in [-0.1, -0.05) is 18.2 Å². The molecule has 136 valence electrons. The van der Waals surface area contributed by atoms with Crippen LogP contribution in [0.5, 0.6) is 0 Å². The van der Waals surface area contributed by atoms with Crippen molar-refractivity contribution in [1.29, 1.82) is 0 Å². The monoisotopic (exact) mass is 367 g/mol. The summed E-state index contributed by atoms with van der Waals surface area (Å²) in [5.74, 6) is 0.797. The number of nitrogens with zero attached hydrogens (tertiary/aromatic N) is 5. The largest absolute Gasteiger partial charge is 0.364 e. The van der Waals surface area contributed by atoms with Crippen molar-refractivity contribution in [2.24, 2.45) is 0 Å². The lowest BCUT2D eigenvalue weighted by Gasteiger charge is -2.11. The van der Waals surface area contributed by atoms with E-state index in [2.05, 4.69) is 48.7 Å². The van der Waals surface area contributed by atoms with Gasteiger partial charge in [-0.15, -0.1) is 10.2 Å². The van der Waals surface area contributed by atoms with Gasteiger partial charge in [0, 0.05) is 23.5 Å². The lowest BCUT2D eigenvalue weighted by Crippen LogP contribution is -2.03. The van der Waals surface area contributed by atoms with Crippen LogP contribution in [0.1, 0.15) is 5.69 Å². The molecular weight excluding hydrogens is 350 g/mol. The molecule has 0 unspecified atom stereocenters. The predicted octanol–water partition coefficient (Wildman–Crippen LogP) is 3.82. The fourth-order valence-corrected chi connectivity index (χ4v) is 3.22. The molecule has 4 aromatic heterocycles. The van der Waals surface area contributed by atoms with E-state index in [-0.39, 0.29) is 0 Å². The predicted molar refractivity (Wildman–Crippen MR) is 108 cm³/mol. The lowest BCUT2D eigenvalue weighted by molar-refractivity contribution is 1.03. The van der Waals surface area contributed by atoms with Gasteiger partial charge >= 0.3 is 0 Å². The molecule has 0 saturated heterocycles. The van der Waals surface area contributed by atoms with E-state index in [0.29, 0.717) is 6.54 Å². The van der Waals surface area contributed by atoms with Crippen LogP contribution in [-0.2, 0) is 6.54 Å². The second kappa shape index (κ2) is 6.96. The maximum atomic E-state index is 4.69. The molecule has 0 atom stereocenters. The number of aromatic nitrogens is 6. The first kappa shape index (κ1) is 16.2. The minimum atomic E-state index is 0.611. The summed E-state index contributed by atoms with van der Waals surface area (Å²) < 4.78 is 1.89. The van der Waals surface area contributed by atoms with E-state index in [4.69, 9.17) is 0 Å². The molecule has 0 spiro atoms. The molecule has 0 aliphatic rings. The molecule has 5 aromatic rings. The third kappa shape index (κ3) is 3.09. The van der Waals surface area contributed by atoms with Crippen molar-refractivity contribution in [3.8, 4) is 16.8 Å². The van der Waals surface area contributed by atoms with Gasteiger partial charge < -0.3 is 10.3 Å². The number of H-pyrrole nitrogens is 1. The Kier molecular flexibility index (Phi) is 4.02. The lowest BCUT2D eigenvalue weighted by atomic mass is 10.0. The molecule has 1 aromatic carbocycles. The molecule has 0 aliphatic carbocycles. The minimum absolute atomic E-state index is 0.611. The molecule has 4 heterocycles. The Hall–Kier alpha value is -4.00. The van der Waals surface area contributed by atoms with E-state index in [0.717, 1.165) is 39.4 Å². The summed E-state index contributed by atoms with van der Waals surface area (Å²) in [6.45, 7) is 0.611.